The molecule has 1 aliphatic carbocycles. The summed E-state index contributed by atoms with van der Waals surface area (Å²) in [5.74, 6) is 1.77. The Morgan fingerprint density at radius 1 is 1.12 bits per heavy atom. The molecular formula is C15H30N2. The molecule has 2 fully saturated rings. The zero-order valence-electron chi connectivity index (χ0n) is 11.9. The van der Waals surface area contributed by atoms with Crippen molar-refractivity contribution >= 4 is 0 Å². The fourth-order valence-electron chi connectivity index (χ4n) is 3.16. The Kier molecular flexibility index (Phi) is 4.87. The number of piperidine rings is 1. The van der Waals surface area contributed by atoms with E-state index in [0.717, 1.165) is 23.9 Å². The lowest BCUT2D eigenvalue weighted by molar-refractivity contribution is 0.0782. The van der Waals surface area contributed by atoms with Gasteiger partial charge in [-0.15, -0.1) is 0 Å². The summed E-state index contributed by atoms with van der Waals surface area (Å²) in [7, 11) is 0. The van der Waals surface area contributed by atoms with E-state index >= 15 is 0 Å². The van der Waals surface area contributed by atoms with Crippen LogP contribution in [-0.2, 0) is 0 Å². The van der Waals surface area contributed by atoms with Gasteiger partial charge in [0.25, 0.3) is 0 Å². The van der Waals surface area contributed by atoms with Crippen LogP contribution in [0.1, 0.15) is 52.9 Å². The van der Waals surface area contributed by atoms with E-state index in [-0.39, 0.29) is 0 Å². The molecule has 0 aromatic heterocycles. The van der Waals surface area contributed by atoms with E-state index in [2.05, 4.69) is 31.0 Å². The average Bonchev–Trinajstić information content (AvgIpc) is 3.08. The van der Waals surface area contributed by atoms with E-state index in [4.69, 9.17) is 0 Å². The molecule has 100 valence electrons. The minimum atomic E-state index is 0.794. The summed E-state index contributed by atoms with van der Waals surface area (Å²) in [6.45, 7) is 11.1. The summed E-state index contributed by atoms with van der Waals surface area (Å²) in [5.41, 5.74) is 0. The molecule has 2 aliphatic rings. The van der Waals surface area contributed by atoms with E-state index in [1.807, 2.05) is 0 Å². The van der Waals surface area contributed by atoms with Crippen LogP contribution in [0.25, 0.3) is 0 Å². The standard InChI is InChI=1S/C15H30N2/c1-12-10-13(2)14(3)17(11-12)9-5-4-8-16-15-6-7-15/h12-16H,4-11H2,1-3H3. The number of nitrogens with zero attached hydrogens (tertiary/aromatic N) is 1. The van der Waals surface area contributed by atoms with Crippen LogP contribution in [0.2, 0.25) is 0 Å². The van der Waals surface area contributed by atoms with Crippen molar-refractivity contribution in [3.63, 3.8) is 0 Å². The molecule has 1 saturated carbocycles. The first kappa shape index (κ1) is 13.4. The van der Waals surface area contributed by atoms with Gasteiger partial charge in [0.2, 0.25) is 0 Å². The highest BCUT2D eigenvalue weighted by Crippen LogP contribution is 2.26. The summed E-state index contributed by atoms with van der Waals surface area (Å²) >= 11 is 0. The maximum atomic E-state index is 3.60. The van der Waals surface area contributed by atoms with Gasteiger partial charge in [0.1, 0.15) is 0 Å². The number of rotatable bonds is 6. The van der Waals surface area contributed by atoms with Gasteiger partial charge in [-0.3, -0.25) is 0 Å². The van der Waals surface area contributed by atoms with Crippen molar-refractivity contribution < 1.29 is 0 Å². The predicted molar refractivity (Wildman–Crippen MR) is 74.2 cm³/mol. The molecule has 0 amide bonds. The van der Waals surface area contributed by atoms with Crippen molar-refractivity contribution in [2.24, 2.45) is 11.8 Å². The van der Waals surface area contributed by atoms with E-state index in [1.165, 1.54) is 51.7 Å². The minimum absolute atomic E-state index is 0.794. The van der Waals surface area contributed by atoms with E-state index < -0.39 is 0 Å². The second-order valence-corrected chi connectivity index (χ2v) is 6.49. The van der Waals surface area contributed by atoms with Gasteiger partial charge >= 0.3 is 0 Å². The molecule has 1 saturated heterocycles. The summed E-state index contributed by atoms with van der Waals surface area (Å²) in [5, 5.41) is 3.60. The highest BCUT2D eigenvalue weighted by Gasteiger charge is 2.28. The Morgan fingerprint density at radius 3 is 2.59 bits per heavy atom. The molecule has 2 heteroatoms. The topological polar surface area (TPSA) is 15.3 Å². The highest BCUT2D eigenvalue weighted by atomic mass is 15.2. The lowest BCUT2D eigenvalue weighted by Crippen LogP contribution is -2.46. The molecule has 2 nitrogen and oxygen atoms in total. The second kappa shape index (κ2) is 6.19. The molecule has 1 aliphatic heterocycles. The molecule has 0 radical (unpaired) electrons. The van der Waals surface area contributed by atoms with Crippen LogP contribution in [0, 0.1) is 11.8 Å². The Hall–Kier alpha value is -0.0800. The third-order valence-corrected chi connectivity index (χ3v) is 4.60. The number of likely N-dealkylation sites (tertiary alicyclic amines) is 1. The monoisotopic (exact) mass is 238 g/mol. The maximum absolute atomic E-state index is 3.60. The van der Waals surface area contributed by atoms with Crippen molar-refractivity contribution in [2.75, 3.05) is 19.6 Å². The van der Waals surface area contributed by atoms with Gasteiger partial charge in [0, 0.05) is 18.6 Å². The van der Waals surface area contributed by atoms with Crippen molar-refractivity contribution in [3.05, 3.63) is 0 Å². The quantitative estimate of drug-likeness (QED) is 0.716. The molecule has 1 heterocycles. The Morgan fingerprint density at radius 2 is 1.88 bits per heavy atom. The summed E-state index contributed by atoms with van der Waals surface area (Å²) in [6, 6.07) is 1.67. The van der Waals surface area contributed by atoms with Gasteiger partial charge in [-0.2, -0.15) is 0 Å². The number of unbranched alkanes of at least 4 members (excludes halogenated alkanes) is 1. The minimum Gasteiger partial charge on any atom is -0.314 e. The van der Waals surface area contributed by atoms with Crippen molar-refractivity contribution in [1.82, 2.24) is 10.2 Å². The zero-order chi connectivity index (χ0) is 12.3. The van der Waals surface area contributed by atoms with Crippen LogP contribution in [0.4, 0.5) is 0 Å². The van der Waals surface area contributed by atoms with Crippen LogP contribution in [-0.4, -0.2) is 36.6 Å². The van der Waals surface area contributed by atoms with Gasteiger partial charge in [0.05, 0.1) is 0 Å². The van der Waals surface area contributed by atoms with Gasteiger partial charge < -0.3 is 10.2 Å². The van der Waals surface area contributed by atoms with E-state index in [9.17, 15) is 0 Å². The second-order valence-electron chi connectivity index (χ2n) is 6.49. The molecule has 0 aromatic carbocycles. The molecule has 1 N–H and O–H groups in total. The fraction of sp³-hybridized carbons (Fsp3) is 1.00. The summed E-state index contributed by atoms with van der Waals surface area (Å²) in [6.07, 6.45) is 6.96. The number of hydrogen-bond acceptors (Lipinski definition) is 2. The molecule has 2 rings (SSSR count). The first-order valence-electron chi connectivity index (χ1n) is 7.64. The molecule has 0 spiro atoms. The summed E-state index contributed by atoms with van der Waals surface area (Å²) < 4.78 is 0. The third-order valence-electron chi connectivity index (χ3n) is 4.60. The first-order chi connectivity index (χ1) is 8.16. The lowest BCUT2D eigenvalue weighted by Gasteiger charge is -2.41. The van der Waals surface area contributed by atoms with Crippen LogP contribution in [0.5, 0.6) is 0 Å². The van der Waals surface area contributed by atoms with Crippen LogP contribution in [0.15, 0.2) is 0 Å². The number of nitrogens with one attached hydrogen (secondary N) is 1. The largest absolute Gasteiger partial charge is 0.314 e. The lowest BCUT2D eigenvalue weighted by atomic mass is 9.86. The average molecular weight is 238 g/mol. The Bertz CT molecular complexity index is 225. The van der Waals surface area contributed by atoms with Crippen molar-refractivity contribution in [3.8, 4) is 0 Å². The summed E-state index contributed by atoms with van der Waals surface area (Å²) in [4.78, 5) is 2.72. The van der Waals surface area contributed by atoms with Crippen molar-refractivity contribution in [2.45, 2.75) is 65.0 Å². The fourth-order valence-corrected chi connectivity index (χ4v) is 3.16. The zero-order valence-corrected chi connectivity index (χ0v) is 11.9. The van der Waals surface area contributed by atoms with Gasteiger partial charge in [-0.25, -0.2) is 0 Å². The molecule has 17 heavy (non-hydrogen) atoms. The molecule has 3 unspecified atom stereocenters. The molecular weight excluding hydrogens is 208 g/mol. The Balaban J connectivity index is 1.59. The molecule has 0 bridgehead atoms. The van der Waals surface area contributed by atoms with Crippen molar-refractivity contribution in [1.29, 1.82) is 0 Å². The van der Waals surface area contributed by atoms with Gasteiger partial charge in [-0.1, -0.05) is 13.8 Å². The maximum Gasteiger partial charge on any atom is 0.00927 e. The van der Waals surface area contributed by atoms with Crippen LogP contribution < -0.4 is 5.32 Å². The normalized spacial score (nSPS) is 35.1. The predicted octanol–water partition coefficient (Wildman–Crippen LogP) is 2.89. The highest BCUT2D eigenvalue weighted by molar-refractivity contribution is 4.82. The molecule has 3 atom stereocenters. The van der Waals surface area contributed by atoms with Crippen LogP contribution >= 0.6 is 0 Å². The van der Waals surface area contributed by atoms with Gasteiger partial charge in [-0.05, 0) is 64.0 Å². The first-order valence-corrected chi connectivity index (χ1v) is 7.64. The number of hydrogen-bond donors (Lipinski definition) is 1. The van der Waals surface area contributed by atoms with Crippen LogP contribution in [0.3, 0.4) is 0 Å². The SMILES string of the molecule is CC1CC(C)C(C)N(CCCCNC2CC2)C1. The smallest absolute Gasteiger partial charge is 0.00927 e. The third kappa shape index (κ3) is 4.26. The Labute approximate surface area is 107 Å². The van der Waals surface area contributed by atoms with E-state index in [1.54, 1.807) is 0 Å². The van der Waals surface area contributed by atoms with E-state index in [0.29, 0.717) is 0 Å². The molecule has 0 aromatic rings. The van der Waals surface area contributed by atoms with Gasteiger partial charge in [0.15, 0.2) is 0 Å².